The minimum Gasteiger partial charge on any atom is -0.289 e. The summed E-state index contributed by atoms with van der Waals surface area (Å²) in [4.78, 5) is 11.9. The van der Waals surface area contributed by atoms with E-state index in [9.17, 15) is 9.18 Å². The lowest BCUT2D eigenvalue weighted by Gasteiger charge is -1.97. The highest BCUT2D eigenvalue weighted by Crippen LogP contribution is 2.31. The van der Waals surface area contributed by atoms with Gasteiger partial charge >= 0.3 is 0 Å². The number of carbonyl (C=O) groups is 1. The van der Waals surface area contributed by atoms with Crippen LogP contribution in [0.1, 0.15) is 15.9 Å². The maximum Gasteiger partial charge on any atom is 0.188 e. The van der Waals surface area contributed by atoms with Crippen LogP contribution >= 0.6 is 46.1 Å². The standard InChI is InChI=1S/C13H6Cl3FOS/c14-10-5-8(17)3-1-7(10)2-4-11(18)9-6-12(15)19-13(9)16/h1-6H/b4-2+. The zero-order chi connectivity index (χ0) is 14.0. The van der Waals surface area contributed by atoms with Crippen molar-refractivity contribution < 1.29 is 9.18 Å². The van der Waals surface area contributed by atoms with Crippen LogP contribution in [0.3, 0.4) is 0 Å². The Labute approximate surface area is 128 Å². The van der Waals surface area contributed by atoms with Gasteiger partial charge in [-0.05, 0) is 35.9 Å². The first-order chi connectivity index (χ1) is 8.97. The average molecular weight is 336 g/mol. The van der Waals surface area contributed by atoms with E-state index in [-0.39, 0.29) is 10.8 Å². The van der Waals surface area contributed by atoms with Gasteiger partial charge in [-0.1, -0.05) is 40.9 Å². The SMILES string of the molecule is O=C(/C=C/c1ccc(F)cc1Cl)c1cc(Cl)sc1Cl. The van der Waals surface area contributed by atoms with Crippen molar-refractivity contribution in [3.8, 4) is 0 Å². The van der Waals surface area contributed by atoms with E-state index in [1.54, 1.807) is 0 Å². The molecule has 0 radical (unpaired) electrons. The van der Waals surface area contributed by atoms with E-state index < -0.39 is 5.82 Å². The normalized spacial score (nSPS) is 11.2. The van der Waals surface area contributed by atoms with Gasteiger partial charge in [0.1, 0.15) is 10.2 Å². The van der Waals surface area contributed by atoms with Crippen molar-refractivity contribution in [2.75, 3.05) is 0 Å². The van der Waals surface area contributed by atoms with Crippen LogP contribution in [0.5, 0.6) is 0 Å². The van der Waals surface area contributed by atoms with E-state index in [0.717, 1.165) is 11.3 Å². The molecule has 0 fully saturated rings. The van der Waals surface area contributed by atoms with Crippen LogP contribution in [0.15, 0.2) is 30.3 Å². The fraction of sp³-hybridized carbons (Fsp3) is 0. The number of benzene rings is 1. The lowest BCUT2D eigenvalue weighted by molar-refractivity contribution is 0.104. The van der Waals surface area contributed by atoms with Gasteiger partial charge in [-0.25, -0.2) is 4.39 Å². The van der Waals surface area contributed by atoms with E-state index in [4.69, 9.17) is 34.8 Å². The van der Waals surface area contributed by atoms with E-state index in [2.05, 4.69) is 0 Å². The molecule has 0 saturated carbocycles. The van der Waals surface area contributed by atoms with Crippen molar-refractivity contribution in [1.29, 1.82) is 0 Å². The van der Waals surface area contributed by atoms with Crippen LogP contribution in [0.25, 0.3) is 6.08 Å². The zero-order valence-electron chi connectivity index (χ0n) is 9.29. The van der Waals surface area contributed by atoms with Crippen LogP contribution in [0, 0.1) is 5.82 Å². The Morgan fingerprint density at radius 2 is 1.95 bits per heavy atom. The van der Waals surface area contributed by atoms with Gasteiger partial charge in [0.2, 0.25) is 0 Å². The van der Waals surface area contributed by atoms with Crippen molar-refractivity contribution in [3.63, 3.8) is 0 Å². The summed E-state index contributed by atoms with van der Waals surface area (Å²) in [6.07, 6.45) is 2.83. The lowest BCUT2D eigenvalue weighted by atomic mass is 10.1. The Bertz CT molecular complexity index is 664. The molecule has 2 aromatic rings. The Morgan fingerprint density at radius 1 is 1.21 bits per heavy atom. The second-order valence-electron chi connectivity index (χ2n) is 3.60. The zero-order valence-corrected chi connectivity index (χ0v) is 12.4. The average Bonchev–Trinajstić information content (AvgIpc) is 2.67. The summed E-state index contributed by atoms with van der Waals surface area (Å²) >= 11 is 18.6. The van der Waals surface area contributed by atoms with Gasteiger partial charge in [0.15, 0.2) is 5.78 Å². The quantitative estimate of drug-likeness (QED) is 0.516. The maximum atomic E-state index is 12.9. The molecule has 0 aliphatic heterocycles. The fourth-order valence-electron chi connectivity index (χ4n) is 1.40. The first kappa shape index (κ1) is 14.5. The highest BCUT2D eigenvalue weighted by molar-refractivity contribution is 7.20. The number of hydrogen-bond donors (Lipinski definition) is 0. The Balaban J connectivity index is 2.23. The number of rotatable bonds is 3. The van der Waals surface area contributed by atoms with Gasteiger partial charge in [0.25, 0.3) is 0 Å². The molecular formula is C13H6Cl3FOS. The number of carbonyl (C=O) groups excluding carboxylic acids is 1. The topological polar surface area (TPSA) is 17.1 Å². The molecule has 0 saturated heterocycles. The van der Waals surface area contributed by atoms with Crippen LogP contribution in [-0.4, -0.2) is 5.78 Å². The molecule has 1 nitrogen and oxygen atoms in total. The Morgan fingerprint density at radius 3 is 2.53 bits per heavy atom. The van der Waals surface area contributed by atoms with E-state index in [1.807, 2.05) is 0 Å². The molecule has 19 heavy (non-hydrogen) atoms. The van der Waals surface area contributed by atoms with Gasteiger partial charge in [-0.15, -0.1) is 11.3 Å². The second-order valence-corrected chi connectivity index (χ2v) is 6.29. The Kier molecular flexibility index (Phi) is 4.63. The minimum absolute atomic E-state index is 0.235. The lowest BCUT2D eigenvalue weighted by Crippen LogP contribution is -1.92. The van der Waals surface area contributed by atoms with Crippen LogP contribution < -0.4 is 0 Å². The predicted octanol–water partition coefficient (Wildman–Crippen LogP) is 5.74. The first-order valence-corrected chi connectivity index (χ1v) is 7.04. The van der Waals surface area contributed by atoms with E-state index in [1.165, 1.54) is 36.4 Å². The monoisotopic (exact) mass is 334 g/mol. The fourth-order valence-corrected chi connectivity index (χ4v) is 3.10. The van der Waals surface area contributed by atoms with Gasteiger partial charge in [0, 0.05) is 0 Å². The third-order valence-corrected chi connectivity index (χ3v) is 4.11. The molecule has 0 atom stereocenters. The Hall–Kier alpha value is -0.870. The van der Waals surface area contributed by atoms with E-state index in [0.29, 0.717) is 19.8 Å². The van der Waals surface area contributed by atoms with Crippen molar-refractivity contribution in [3.05, 3.63) is 61.0 Å². The van der Waals surface area contributed by atoms with Gasteiger partial charge < -0.3 is 0 Å². The molecule has 1 aromatic heterocycles. The van der Waals surface area contributed by atoms with Gasteiger partial charge in [-0.2, -0.15) is 0 Å². The molecule has 1 aromatic carbocycles. The molecule has 2 rings (SSSR count). The summed E-state index contributed by atoms with van der Waals surface area (Å²) in [5.41, 5.74) is 0.889. The summed E-state index contributed by atoms with van der Waals surface area (Å²) in [5.74, 6) is -0.713. The first-order valence-electron chi connectivity index (χ1n) is 5.09. The minimum atomic E-state index is -0.430. The van der Waals surface area contributed by atoms with Crippen molar-refractivity contribution in [1.82, 2.24) is 0 Å². The van der Waals surface area contributed by atoms with Crippen molar-refractivity contribution >= 4 is 58.0 Å². The second kappa shape index (κ2) is 6.06. The summed E-state index contributed by atoms with van der Waals surface area (Å²) in [7, 11) is 0. The highest BCUT2D eigenvalue weighted by atomic mass is 35.5. The number of allylic oxidation sites excluding steroid dienone is 1. The molecule has 0 amide bonds. The molecule has 0 spiro atoms. The molecule has 0 N–H and O–H groups in total. The molecule has 0 aliphatic carbocycles. The highest BCUT2D eigenvalue weighted by Gasteiger charge is 2.11. The van der Waals surface area contributed by atoms with Gasteiger partial charge in [0.05, 0.1) is 14.9 Å². The molecular weight excluding hydrogens is 330 g/mol. The third kappa shape index (κ3) is 3.57. The van der Waals surface area contributed by atoms with Gasteiger partial charge in [-0.3, -0.25) is 4.79 Å². The largest absolute Gasteiger partial charge is 0.289 e. The summed E-state index contributed by atoms with van der Waals surface area (Å²) in [5, 5.41) is 0.235. The van der Waals surface area contributed by atoms with Crippen molar-refractivity contribution in [2.45, 2.75) is 0 Å². The van der Waals surface area contributed by atoms with Crippen LogP contribution in [0.4, 0.5) is 4.39 Å². The van der Waals surface area contributed by atoms with Crippen LogP contribution in [0.2, 0.25) is 13.7 Å². The summed E-state index contributed by atoms with van der Waals surface area (Å²) < 4.78 is 13.6. The smallest absolute Gasteiger partial charge is 0.188 e. The number of thiophene rings is 1. The summed E-state index contributed by atoms with van der Waals surface area (Å²) in [6.45, 7) is 0. The predicted molar refractivity (Wildman–Crippen MR) is 79.1 cm³/mol. The number of hydrogen-bond acceptors (Lipinski definition) is 2. The third-order valence-electron chi connectivity index (χ3n) is 2.30. The summed E-state index contributed by atoms with van der Waals surface area (Å²) in [6, 6.07) is 5.45. The molecule has 0 aliphatic rings. The van der Waals surface area contributed by atoms with Crippen LogP contribution in [-0.2, 0) is 0 Å². The number of ketones is 1. The van der Waals surface area contributed by atoms with Crippen molar-refractivity contribution in [2.24, 2.45) is 0 Å². The molecule has 0 unspecified atom stereocenters. The molecule has 6 heteroatoms. The molecule has 98 valence electrons. The van der Waals surface area contributed by atoms with E-state index >= 15 is 0 Å². The maximum absolute atomic E-state index is 12.9. The molecule has 0 bridgehead atoms. The molecule has 1 heterocycles. The number of halogens is 4.